The summed E-state index contributed by atoms with van der Waals surface area (Å²) in [6, 6.07) is 18.1. The summed E-state index contributed by atoms with van der Waals surface area (Å²) in [6.45, 7) is 3.72. The number of rotatable bonds is 5. The quantitative estimate of drug-likeness (QED) is 0.853. The summed E-state index contributed by atoms with van der Waals surface area (Å²) in [7, 11) is 0. The highest BCUT2D eigenvalue weighted by Crippen LogP contribution is 2.31. The highest BCUT2D eigenvalue weighted by molar-refractivity contribution is 5.94. The highest BCUT2D eigenvalue weighted by atomic mass is 16.7. The molecule has 2 aromatic carbocycles. The van der Waals surface area contributed by atoms with Gasteiger partial charge in [-0.05, 0) is 17.7 Å². The number of nitrogens with one attached hydrogen (secondary N) is 1. The van der Waals surface area contributed by atoms with Crippen LogP contribution in [-0.2, 0) is 9.63 Å². The van der Waals surface area contributed by atoms with Gasteiger partial charge in [-0.15, -0.1) is 6.58 Å². The fraction of sp³-hybridized carbons (Fsp3) is 0.158. The molecule has 1 fully saturated rings. The SMILES string of the molecule is C=CCON1C(=O)CN(C(=O)Nc2ccccc2)[C@@H]1c1ccccc1. The van der Waals surface area contributed by atoms with Crippen molar-refractivity contribution in [3.63, 3.8) is 0 Å². The van der Waals surface area contributed by atoms with Crippen molar-refractivity contribution in [1.82, 2.24) is 9.96 Å². The molecule has 1 aliphatic heterocycles. The van der Waals surface area contributed by atoms with Crippen LogP contribution >= 0.6 is 0 Å². The molecule has 6 nitrogen and oxygen atoms in total. The topological polar surface area (TPSA) is 61.9 Å². The first-order valence-corrected chi connectivity index (χ1v) is 7.94. The van der Waals surface area contributed by atoms with Gasteiger partial charge >= 0.3 is 6.03 Å². The molecule has 128 valence electrons. The number of benzene rings is 2. The van der Waals surface area contributed by atoms with Gasteiger partial charge in [0.1, 0.15) is 6.54 Å². The molecule has 1 heterocycles. The zero-order valence-electron chi connectivity index (χ0n) is 13.7. The Morgan fingerprint density at radius 3 is 2.44 bits per heavy atom. The fourth-order valence-electron chi connectivity index (χ4n) is 2.68. The Bertz CT molecular complexity index is 749. The van der Waals surface area contributed by atoms with Crippen molar-refractivity contribution in [2.45, 2.75) is 6.17 Å². The molecule has 0 spiro atoms. The molecular weight excluding hydrogens is 318 g/mol. The fourth-order valence-corrected chi connectivity index (χ4v) is 2.68. The summed E-state index contributed by atoms with van der Waals surface area (Å²) < 4.78 is 0. The largest absolute Gasteiger partial charge is 0.324 e. The second kappa shape index (κ2) is 7.63. The number of carbonyl (C=O) groups excluding carboxylic acids is 2. The van der Waals surface area contributed by atoms with Crippen molar-refractivity contribution in [3.05, 3.63) is 78.9 Å². The van der Waals surface area contributed by atoms with Crippen LogP contribution in [0, 0.1) is 0 Å². The number of anilines is 1. The van der Waals surface area contributed by atoms with Crippen LogP contribution in [0.1, 0.15) is 11.7 Å². The number of amides is 3. The van der Waals surface area contributed by atoms with Crippen LogP contribution in [0.2, 0.25) is 0 Å². The van der Waals surface area contributed by atoms with Gasteiger partial charge in [-0.25, -0.2) is 4.79 Å². The third-order valence-electron chi connectivity index (χ3n) is 3.78. The van der Waals surface area contributed by atoms with E-state index in [1.165, 1.54) is 9.96 Å². The maximum absolute atomic E-state index is 12.7. The molecule has 0 unspecified atom stereocenters. The van der Waals surface area contributed by atoms with Gasteiger partial charge in [0.25, 0.3) is 5.91 Å². The Morgan fingerprint density at radius 1 is 1.16 bits per heavy atom. The normalized spacial score (nSPS) is 16.8. The van der Waals surface area contributed by atoms with E-state index in [1.54, 1.807) is 18.2 Å². The van der Waals surface area contributed by atoms with Crippen molar-refractivity contribution in [2.24, 2.45) is 0 Å². The predicted molar refractivity (Wildman–Crippen MR) is 94.3 cm³/mol. The zero-order valence-corrected chi connectivity index (χ0v) is 13.7. The van der Waals surface area contributed by atoms with Crippen LogP contribution in [-0.4, -0.2) is 35.1 Å². The van der Waals surface area contributed by atoms with Crippen LogP contribution in [0.15, 0.2) is 73.3 Å². The molecule has 0 aliphatic carbocycles. The minimum absolute atomic E-state index is 0.0601. The van der Waals surface area contributed by atoms with Crippen LogP contribution in [0.5, 0.6) is 0 Å². The van der Waals surface area contributed by atoms with Gasteiger partial charge in [0.05, 0.1) is 6.61 Å². The Hall–Kier alpha value is -3.12. The molecule has 1 aliphatic rings. The van der Waals surface area contributed by atoms with Gasteiger partial charge in [0, 0.05) is 5.69 Å². The van der Waals surface area contributed by atoms with Crippen LogP contribution in [0.25, 0.3) is 0 Å². The molecule has 2 aromatic rings. The van der Waals surface area contributed by atoms with E-state index >= 15 is 0 Å². The van der Waals surface area contributed by atoms with Gasteiger partial charge in [0.15, 0.2) is 6.17 Å². The highest BCUT2D eigenvalue weighted by Gasteiger charge is 2.42. The molecule has 0 aromatic heterocycles. The standard InChI is InChI=1S/C19H19N3O3/c1-2-13-25-22-17(23)14-21(18(22)15-9-5-3-6-10-15)19(24)20-16-11-7-4-8-12-16/h2-12,18H,1,13-14H2,(H,20,24)/t18-/m0/s1. The van der Waals surface area contributed by atoms with Gasteiger partial charge in [-0.2, -0.15) is 5.06 Å². The molecule has 0 saturated carbocycles. The number of nitrogens with zero attached hydrogens (tertiary/aromatic N) is 2. The predicted octanol–water partition coefficient (Wildman–Crippen LogP) is 3.18. The zero-order chi connectivity index (χ0) is 17.6. The Labute approximate surface area is 146 Å². The summed E-state index contributed by atoms with van der Waals surface area (Å²) in [5, 5.41) is 4.05. The lowest BCUT2D eigenvalue weighted by Gasteiger charge is -2.29. The first-order chi connectivity index (χ1) is 12.2. The third-order valence-corrected chi connectivity index (χ3v) is 3.78. The molecule has 0 bridgehead atoms. The summed E-state index contributed by atoms with van der Waals surface area (Å²) in [6.07, 6.45) is 0.930. The Kier molecular flexibility index (Phi) is 5.11. The number of urea groups is 1. The number of hydroxylamine groups is 2. The van der Waals surface area contributed by atoms with Gasteiger partial charge in [-0.1, -0.05) is 54.6 Å². The summed E-state index contributed by atoms with van der Waals surface area (Å²) >= 11 is 0. The first kappa shape index (κ1) is 16.7. The lowest BCUT2D eigenvalue weighted by molar-refractivity contribution is -0.190. The molecule has 1 saturated heterocycles. The second-order valence-corrected chi connectivity index (χ2v) is 5.51. The van der Waals surface area contributed by atoms with E-state index in [2.05, 4.69) is 11.9 Å². The van der Waals surface area contributed by atoms with E-state index in [0.29, 0.717) is 5.69 Å². The van der Waals surface area contributed by atoms with Crippen LogP contribution in [0.3, 0.4) is 0 Å². The third kappa shape index (κ3) is 3.70. The summed E-state index contributed by atoms with van der Waals surface area (Å²) in [5.74, 6) is -0.279. The number of carbonyl (C=O) groups is 2. The van der Waals surface area contributed by atoms with Gasteiger partial charge < -0.3 is 5.32 Å². The molecule has 1 atom stereocenters. The van der Waals surface area contributed by atoms with Crippen molar-refractivity contribution in [1.29, 1.82) is 0 Å². The lowest BCUT2D eigenvalue weighted by Crippen LogP contribution is -2.38. The number of para-hydroxylation sites is 1. The van der Waals surface area contributed by atoms with E-state index < -0.39 is 6.17 Å². The first-order valence-electron chi connectivity index (χ1n) is 7.94. The van der Waals surface area contributed by atoms with Crippen LogP contribution < -0.4 is 5.32 Å². The van der Waals surface area contributed by atoms with E-state index in [0.717, 1.165) is 5.56 Å². The van der Waals surface area contributed by atoms with Gasteiger partial charge in [-0.3, -0.25) is 14.5 Å². The summed E-state index contributed by atoms with van der Waals surface area (Å²) in [5.41, 5.74) is 1.46. The average Bonchev–Trinajstić information content (AvgIpc) is 2.98. The van der Waals surface area contributed by atoms with Crippen molar-refractivity contribution >= 4 is 17.6 Å². The maximum atomic E-state index is 12.7. The van der Waals surface area contributed by atoms with Crippen molar-refractivity contribution < 1.29 is 14.4 Å². The van der Waals surface area contributed by atoms with Crippen molar-refractivity contribution in [2.75, 3.05) is 18.5 Å². The average molecular weight is 337 g/mol. The van der Waals surface area contributed by atoms with E-state index in [-0.39, 0.29) is 25.1 Å². The molecule has 0 radical (unpaired) electrons. The van der Waals surface area contributed by atoms with E-state index in [1.807, 2.05) is 48.5 Å². The number of hydrogen-bond donors (Lipinski definition) is 1. The van der Waals surface area contributed by atoms with Gasteiger partial charge in [0.2, 0.25) is 0 Å². The number of hydrogen-bond acceptors (Lipinski definition) is 3. The van der Waals surface area contributed by atoms with Crippen molar-refractivity contribution in [3.8, 4) is 0 Å². The monoisotopic (exact) mass is 337 g/mol. The Balaban J connectivity index is 1.86. The molecule has 25 heavy (non-hydrogen) atoms. The smallest absolute Gasteiger partial charge is 0.308 e. The minimum Gasteiger partial charge on any atom is -0.308 e. The molecule has 3 amide bonds. The van der Waals surface area contributed by atoms with E-state index in [4.69, 9.17) is 4.84 Å². The molecule has 3 rings (SSSR count). The lowest BCUT2D eigenvalue weighted by atomic mass is 10.1. The summed E-state index contributed by atoms with van der Waals surface area (Å²) in [4.78, 5) is 32.1. The maximum Gasteiger partial charge on any atom is 0.324 e. The molecule has 6 heteroatoms. The van der Waals surface area contributed by atoms with E-state index in [9.17, 15) is 9.59 Å². The van der Waals surface area contributed by atoms with Crippen LogP contribution in [0.4, 0.5) is 10.5 Å². The minimum atomic E-state index is -0.627. The Morgan fingerprint density at radius 2 is 1.80 bits per heavy atom. The molecular formula is C19H19N3O3. The second-order valence-electron chi connectivity index (χ2n) is 5.51. The molecule has 1 N–H and O–H groups in total.